The van der Waals surface area contributed by atoms with Gasteiger partial charge in [0.2, 0.25) is 5.91 Å². The lowest BCUT2D eigenvalue weighted by molar-refractivity contribution is -0.128. The van der Waals surface area contributed by atoms with Crippen LogP contribution in [0.4, 0.5) is 4.39 Å². The fourth-order valence-corrected chi connectivity index (χ4v) is 4.40. The smallest absolute Gasteiger partial charge is 0.240 e. The average molecular weight is 344 g/mol. The molecule has 0 bridgehead atoms. The molecule has 4 nitrogen and oxygen atoms in total. The molecule has 2 atom stereocenters. The van der Waals surface area contributed by atoms with Crippen molar-refractivity contribution in [3.8, 4) is 6.07 Å². The number of aliphatic hydroxyl groups excluding tert-OH is 1. The van der Waals surface area contributed by atoms with E-state index in [2.05, 4.69) is 11.4 Å². The van der Waals surface area contributed by atoms with E-state index in [0.29, 0.717) is 32.2 Å². The highest BCUT2D eigenvalue weighted by molar-refractivity contribution is 5.85. The molecular formula is C20H25FN2O2. The zero-order chi connectivity index (χ0) is 17.9. The summed E-state index contributed by atoms with van der Waals surface area (Å²) in [4.78, 5) is 12.6. The fraction of sp³-hybridized carbons (Fsp3) is 0.600. The first-order chi connectivity index (χ1) is 12.0. The number of carbonyl (C=O) groups excluding carboxylic acids is 1. The third-order valence-electron chi connectivity index (χ3n) is 6.04. The number of amides is 1. The summed E-state index contributed by atoms with van der Waals surface area (Å²) < 4.78 is 13.1. The molecule has 5 heteroatoms. The second-order valence-corrected chi connectivity index (χ2v) is 7.66. The average Bonchev–Trinajstić information content (AvgIpc) is 3.24. The minimum atomic E-state index is -0.902. The van der Waals surface area contributed by atoms with Crippen molar-refractivity contribution in [1.82, 2.24) is 5.32 Å². The first kappa shape index (κ1) is 17.9. The van der Waals surface area contributed by atoms with Crippen LogP contribution in [0.25, 0.3) is 0 Å². The third-order valence-corrected chi connectivity index (χ3v) is 6.04. The Hall–Kier alpha value is -1.93. The third kappa shape index (κ3) is 3.55. The van der Waals surface area contributed by atoms with Crippen LogP contribution in [0, 0.1) is 28.0 Å². The molecule has 0 heterocycles. The Kier molecular flexibility index (Phi) is 5.10. The van der Waals surface area contributed by atoms with Gasteiger partial charge in [-0.2, -0.15) is 5.26 Å². The van der Waals surface area contributed by atoms with Crippen LogP contribution in [0.2, 0.25) is 0 Å². The lowest BCUT2D eigenvalue weighted by Gasteiger charge is -2.34. The van der Waals surface area contributed by atoms with Crippen LogP contribution in [-0.2, 0) is 11.2 Å². The minimum Gasteiger partial charge on any atom is -0.392 e. The zero-order valence-corrected chi connectivity index (χ0v) is 14.4. The molecule has 0 unspecified atom stereocenters. The van der Waals surface area contributed by atoms with Crippen LogP contribution in [0.1, 0.15) is 50.5 Å². The van der Waals surface area contributed by atoms with Crippen molar-refractivity contribution in [2.45, 2.75) is 57.5 Å². The lowest BCUT2D eigenvalue weighted by Crippen LogP contribution is -2.47. The van der Waals surface area contributed by atoms with Gasteiger partial charge in [-0.1, -0.05) is 31.4 Å². The SMILES string of the molecule is N#CC1(C(=O)NC[C@@]2(Cc3ccc(F)cc3)CCC[C@@H]2O)CCCC1. The summed E-state index contributed by atoms with van der Waals surface area (Å²) in [5, 5.41) is 23.0. The van der Waals surface area contributed by atoms with Gasteiger partial charge < -0.3 is 10.4 Å². The van der Waals surface area contributed by atoms with Crippen LogP contribution in [0.15, 0.2) is 24.3 Å². The molecule has 1 aromatic rings. The quantitative estimate of drug-likeness (QED) is 0.862. The highest BCUT2D eigenvalue weighted by Gasteiger charge is 2.45. The van der Waals surface area contributed by atoms with E-state index in [0.717, 1.165) is 31.2 Å². The van der Waals surface area contributed by atoms with Gasteiger partial charge in [0.05, 0.1) is 12.2 Å². The van der Waals surface area contributed by atoms with Gasteiger partial charge in [-0.05, 0) is 49.8 Å². The number of benzene rings is 1. The molecule has 2 aliphatic carbocycles. The normalized spacial score (nSPS) is 27.8. The van der Waals surface area contributed by atoms with Gasteiger partial charge in [-0.15, -0.1) is 0 Å². The van der Waals surface area contributed by atoms with Gasteiger partial charge in [0, 0.05) is 12.0 Å². The molecule has 0 aromatic heterocycles. The second kappa shape index (κ2) is 7.13. The molecule has 0 spiro atoms. The van der Waals surface area contributed by atoms with Crippen molar-refractivity contribution in [3.63, 3.8) is 0 Å². The van der Waals surface area contributed by atoms with Crippen molar-refractivity contribution in [2.75, 3.05) is 6.54 Å². The Bertz CT molecular complexity index is 661. The van der Waals surface area contributed by atoms with E-state index in [-0.39, 0.29) is 11.7 Å². The number of rotatable bonds is 5. The molecule has 25 heavy (non-hydrogen) atoms. The largest absolute Gasteiger partial charge is 0.392 e. The van der Waals surface area contributed by atoms with Crippen LogP contribution >= 0.6 is 0 Å². The summed E-state index contributed by atoms with van der Waals surface area (Å²) in [6.07, 6.45) is 5.56. The number of carbonyl (C=O) groups is 1. The Balaban J connectivity index is 1.72. The molecule has 2 N–H and O–H groups in total. The van der Waals surface area contributed by atoms with Crippen LogP contribution in [0.3, 0.4) is 0 Å². The first-order valence-corrected chi connectivity index (χ1v) is 9.12. The number of aliphatic hydroxyl groups is 1. The molecule has 3 rings (SSSR count). The molecule has 2 saturated carbocycles. The first-order valence-electron chi connectivity index (χ1n) is 9.12. The second-order valence-electron chi connectivity index (χ2n) is 7.66. The summed E-state index contributed by atoms with van der Waals surface area (Å²) in [5.41, 5.74) is -0.393. The van der Waals surface area contributed by atoms with Crippen molar-refractivity contribution in [2.24, 2.45) is 10.8 Å². The molecular weight excluding hydrogens is 319 g/mol. The topological polar surface area (TPSA) is 73.1 Å². The van der Waals surface area contributed by atoms with E-state index in [1.807, 2.05) is 0 Å². The maximum Gasteiger partial charge on any atom is 0.240 e. The van der Waals surface area contributed by atoms with Crippen molar-refractivity contribution < 1.29 is 14.3 Å². The van der Waals surface area contributed by atoms with Gasteiger partial charge >= 0.3 is 0 Å². The molecule has 0 radical (unpaired) electrons. The number of hydrogen-bond acceptors (Lipinski definition) is 3. The van der Waals surface area contributed by atoms with Crippen molar-refractivity contribution in [1.29, 1.82) is 5.26 Å². The van der Waals surface area contributed by atoms with E-state index < -0.39 is 16.9 Å². The zero-order valence-electron chi connectivity index (χ0n) is 14.4. The Morgan fingerprint density at radius 3 is 2.48 bits per heavy atom. The van der Waals surface area contributed by atoms with Gasteiger partial charge in [0.1, 0.15) is 11.2 Å². The monoisotopic (exact) mass is 344 g/mol. The highest BCUT2D eigenvalue weighted by atomic mass is 19.1. The van der Waals surface area contributed by atoms with Crippen LogP contribution in [0.5, 0.6) is 0 Å². The summed E-state index contributed by atoms with van der Waals surface area (Å²) in [7, 11) is 0. The molecule has 0 saturated heterocycles. The maximum atomic E-state index is 13.1. The predicted molar refractivity (Wildman–Crippen MR) is 91.9 cm³/mol. The maximum absolute atomic E-state index is 13.1. The van der Waals surface area contributed by atoms with Gasteiger partial charge in [-0.25, -0.2) is 4.39 Å². The summed E-state index contributed by atoms with van der Waals surface area (Å²) in [6, 6.07) is 8.53. The minimum absolute atomic E-state index is 0.204. The standard InChI is InChI=1S/C20H25FN2O2/c21-16-7-5-15(6-8-16)12-20(11-3-4-17(20)24)14-23-18(25)19(13-22)9-1-2-10-19/h5-8,17,24H,1-4,9-12,14H2,(H,23,25)/t17-,20-/m0/s1. The molecule has 1 aromatic carbocycles. The molecule has 1 amide bonds. The van der Waals surface area contributed by atoms with Crippen LogP contribution < -0.4 is 5.32 Å². The number of nitriles is 1. The van der Waals surface area contributed by atoms with Gasteiger partial charge in [-0.3, -0.25) is 4.79 Å². The van der Waals surface area contributed by atoms with E-state index in [9.17, 15) is 19.6 Å². The highest BCUT2D eigenvalue weighted by Crippen LogP contribution is 2.42. The lowest BCUT2D eigenvalue weighted by atomic mass is 9.77. The molecule has 0 aliphatic heterocycles. The predicted octanol–water partition coefficient (Wildman–Crippen LogP) is 3.10. The fourth-order valence-electron chi connectivity index (χ4n) is 4.40. The summed E-state index contributed by atoms with van der Waals surface area (Å²) >= 11 is 0. The van der Waals surface area contributed by atoms with Crippen molar-refractivity contribution in [3.05, 3.63) is 35.6 Å². The van der Waals surface area contributed by atoms with E-state index in [1.165, 1.54) is 12.1 Å². The van der Waals surface area contributed by atoms with Crippen molar-refractivity contribution >= 4 is 5.91 Å². The Labute approximate surface area is 148 Å². The number of hydrogen-bond donors (Lipinski definition) is 2. The van der Waals surface area contributed by atoms with E-state index >= 15 is 0 Å². The van der Waals surface area contributed by atoms with E-state index in [1.54, 1.807) is 12.1 Å². The van der Waals surface area contributed by atoms with Gasteiger partial charge in [0.15, 0.2) is 0 Å². The summed E-state index contributed by atoms with van der Waals surface area (Å²) in [6.45, 7) is 0.355. The summed E-state index contributed by atoms with van der Waals surface area (Å²) in [5.74, 6) is -0.486. The number of nitrogens with one attached hydrogen (secondary N) is 1. The molecule has 2 aliphatic rings. The Morgan fingerprint density at radius 1 is 1.24 bits per heavy atom. The number of halogens is 1. The van der Waals surface area contributed by atoms with Gasteiger partial charge in [0.25, 0.3) is 0 Å². The van der Waals surface area contributed by atoms with E-state index in [4.69, 9.17) is 0 Å². The Morgan fingerprint density at radius 2 is 1.92 bits per heavy atom. The molecule has 134 valence electrons. The number of nitrogens with zero attached hydrogens (tertiary/aromatic N) is 1. The molecule has 2 fully saturated rings. The van der Waals surface area contributed by atoms with Crippen LogP contribution in [-0.4, -0.2) is 23.7 Å².